The van der Waals surface area contributed by atoms with Crippen LogP contribution < -0.4 is 5.32 Å². The lowest BCUT2D eigenvalue weighted by atomic mass is 9.89. The summed E-state index contributed by atoms with van der Waals surface area (Å²) in [4.78, 5) is 4.04. The summed E-state index contributed by atoms with van der Waals surface area (Å²) in [6.07, 6.45) is 8.60. The van der Waals surface area contributed by atoms with Gasteiger partial charge in [-0.1, -0.05) is 12.8 Å². The highest BCUT2D eigenvalue weighted by molar-refractivity contribution is 9.10. The standard InChI is InChI=1S/C12H16BrClN2/c13-10-8-15-6-5-12(10)16-7-9-3-1-2-4-11(9)14/h5-6,8-9,11H,1-4,7H2,(H,15,16). The number of pyridine rings is 1. The van der Waals surface area contributed by atoms with Crippen molar-refractivity contribution >= 4 is 33.2 Å². The van der Waals surface area contributed by atoms with E-state index in [-0.39, 0.29) is 0 Å². The van der Waals surface area contributed by atoms with E-state index in [0.717, 1.165) is 23.1 Å². The largest absolute Gasteiger partial charge is 0.384 e. The van der Waals surface area contributed by atoms with Crippen LogP contribution in [0.25, 0.3) is 0 Å². The highest BCUT2D eigenvalue weighted by Crippen LogP contribution is 2.29. The molecule has 2 rings (SSSR count). The molecule has 0 amide bonds. The highest BCUT2D eigenvalue weighted by atomic mass is 79.9. The molecule has 1 aliphatic rings. The first-order valence-corrected chi connectivity index (χ1v) is 6.98. The Morgan fingerprint density at radius 3 is 3.00 bits per heavy atom. The van der Waals surface area contributed by atoms with Crippen molar-refractivity contribution in [3.63, 3.8) is 0 Å². The van der Waals surface area contributed by atoms with Gasteiger partial charge in [-0.25, -0.2) is 0 Å². The maximum atomic E-state index is 6.32. The molecule has 0 aromatic carbocycles. The van der Waals surface area contributed by atoms with Gasteiger partial charge in [-0.15, -0.1) is 11.6 Å². The molecule has 2 unspecified atom stereocenters. The zero-order valence-corrected chi connectivity index (χ0v) is 11.5. The minimum absolute atomic E-state index is 0.335. The maximum Gasteiger partial charge on any atom is 0.0590 e. The molecule has 1 N–H and O–H groups in total. The number of alkyl halides is 1. The molecule has 0 saturated heterocycles. The Bertz CT molecular complexity index is 346. The first-order chi connectivity index (χ1) is 7.77. The molecule has 0 radical (unpaired) electrons. The van der Waals surface area contributed by atoms with Gasteiger partial charge in [0, 0.05) is 24.3 Å². The lowest BCUT2D eigenvalue weighted by Crippen LogP contribution is -2.26. The molecular weight excluding hydrogens is 288 g/mol. The highest BCUT2D eigenvalue weighted by Gasteiger charge is 2.22. The summed E-state index contributed by atoms with van der Waals surface area (Å²) in [5.74, 6) is 0.593. The van der Waals surface area contributed by atoms with E-state index < -0.39 is 0 Å². The van der Waals surface area contributed by atoms with Crippen molar-refractivity contribution in [1.29, 1.82) is 0 Å². The predicted molar refractivity (Wildman–Crippen MR) is 72.0 cm³/mol. The van der Waals surface area contributed by atoms with E-state index in [1.165, 1.54) is 19.3 Å². The molecule has 1 aromatic heterocycles. The van der Waals surface area contributed by atoms with Crippen LogP contribution in [-0.4, -0.2) is 16.9 Å². The zero-order valence-electron chi connectivity index (χ0n) is 9.13. The van der Waals surface area contributed by atoms with Crippen molar-refractivity contribution in [3.05, 3.63) is 22.9 Å². The fourth-order valence-corrected chi connectivity index (χ4v) is 2.91. The Kier molecular flexibility index (Phi) is 4.47. The van der Waals surface area contributed by atoms with Crippen molar-refractivity contribution in [2.45, 2.75) is 31.1 Å². The Morgan fingerprint density at radius 1 is 1.44 bits per heavy atom. The topological polar surface area (TPSA) is 24.9 Å². The summed E-state index contributed by atoms with van der Waals surface area (Å²) < 4.78 is 1.01. The third-order valence-corrected chi connectivity index (χ3v) is 4.35. The molecule has 0 aliphatic heterocycles. The fraction of sp³-hybridized carbons (Fsp3) is 0.583. The predicted octanol–water partition coefficient (Wildman–Crippen LogP) is 4.05. The van der Waals surface area contributed by atoms with E-state index in [2.05, 4.69) is 26.2 Å². The Morgan fingerprint density at radius 2 is 2.25 bits per heavy atom. The quantitative estimate of drug-likeness (QED) is 0.852. The van der Waals surface area contributed by atoms with Gasteiger partial charge in [0.05, 0.1) is 10.2 Å². The van der Waals surface area contributed by atoms with Gasteiger partial charge in [-0.05, 0) is 40.8 Å². The molecule has 1 fully saturated rings. The van der Waals surface area contributed by atoms with Crippen molar-refractivity contribution in [3.8, 4) is 0 Å². The van der Waals surface area contributed by atoms with Gasteiger partial charge >= 0.3 is 0 Å². The summed E-state index contributed by atoms with van der Waals surface area (Å²) in [5, 5.41) is 3.78. The third-order valence-electron chi connectivity index (χ3n) is 3.14. The van der Waals surface area contributed by atoms with Gasteiger partial charge in [0.25, 0.3) is 0 Å². The van der Waals surface area contributed by atoms with Gasteiger partial charge in [0.2, 0.25) is 0 Å². The number of rotatable bonds is 3. The molecule has 1 aromatic rings. The van der Waals surface area contributed by atoms with Crippen molar-refractivity contribution in [2.75, 3.05) is 11.9 Å². The van der Waals surface area contributed by atoms with Gasteiger partial charge in [-0.3, -0.25) is 4.98 Å². The van der Waals surface area contributed by atoms with Crippen molar-refractivity contribution < 1.29 is 0 Å². The summed E-state index contributed by atoms with van der Waals surface area (Å²) in [7, 11) is 0. The number of nitrogens with one attached hydrogen (secondary N) is 1. The molecule has 2 atom stereocenters. The second-order valence-corrected chi connectivity index (χ2v) is 5.71. The van der Waals surface area contributed by atoms with Gasteiger partial charge in [0.15, 0.2) is 0 Å². The monoisotopic (exact) mass is 302 g/mol. The minimum atomic E-state index is 0.335. The SMILES string of the molecule is ClC1CCCCC1CNc1ccncc1Br. The van der Waals surface area contributed by atoms with Crippen LogP contribution in [0, 0.1) is 5.92 Å². The second kappa shape index (κ2) is 5.87. The summed E-state index contributed by atoms with van der Waals surface area (Å²) in [6, 6.07) is 1.98. The van der Waals surface area contributed by atoms with Gasteiger partial charge in [0.1, 0.15) is 0 Å². The Labute approximate surface area is 110 Å². The summed E-state index contributed by atoms with van der Waals surface area (Å²) in [5.41, 5.74) is 1.10. The van der Waals surface area contributed by atoms with E-state index in [4.69, 9.17) is 11.6 Å². The number of hydrogen-bond donors (Lipinski definition) is 1. The van der Waals surface area contributed by atoms with E-state index in [1.54, 1.807) is 12.4 Å². The lowest BCUT2D eigenvalue weighted by molar-refractivity contribution is 0.380. The average Bonchev–Trinajstić information content (AvgIpc) is 2.30. The summed E-state index contributed by atoms with van der Waals surface area (Å²) in [6.45, 7) is 0.955. The fourth-order valence-electron chi connectivity index (χ4n) is 2.15. The van der Waals surface area contributed by atoms with E-state index in [1.807, 2.05) is 6.07 Å². The third kappa shape index (κ3) is 3.11. The van der Waals surface area contributed by atoms with Crippen LogP contribution in [0.15, 0.2) is 22.9 Å². The first-order valence-electron chi connectivity index (χ1n) is 5.75. The van der Waals surface area contributed by atoms with Crippen LogP contribution in [0.1, 0.15) is 25.7 Å². The number of hydrogen-bond acceptors (Lipinski definition) is 2. The van der Waals surface area contributed by atoms with Crippen LogP contribution in [0.4, 0.5) is 5.69 Å². The van der Waals surface area contributed by atoms with Crippen molar-refractivity contribution in [2.24, 2.45) is 5.92 Å². The molecular formula is C12H16BrClN2. The molecule has 1 aliphatic carbocycles. The molecule has 1 heterocycles. The van der Waals surface area contributed by atoms with E-state index >= 15 is 0 Å². The van der Waals surface area contributed by atoms with Crippen molar-refractivity contribution in [1.82, 2.24) is 4.98 Å². The normalized spacial score (nSPS) is 25.4. The number of halogens is 2. The van der Waals surface area contributed by atoms with E-state index in [0.29, 0.717) is 11.3 Å². The average molecular weight is 304 g/mol. The molecule has 88 valence electrons. The number of aromatic nitrogens is 1. The van der Waals surface area contributed by atoms with Gasteiger partial charge < -0.3 is 5.32 Å². The minimum Gasteiger partial charge on any atom is -0.384 e. The van der Waals surface area contributed by atoms with Gasteiger partial charge in [-0.2, -0.15) is 0 Å². The van der Waals surface area contributed by atoms with Crippen LogP contribution >= 0.6 is 27.5 Å². The second-order valence-electron chi connectivity index (χ2n) is 4.30. The molecule has 16 heavy (non-hydrogen) atoms. The lowest BCUT2D eigenvalue weighted by Gasteiger charge is -2.27. The molecule has 1 saturated carbocycles. The summed E-state index contributed by atoms with van der Waals surface area (Å²) >= 11 is 9.80. The molecule has 2 nitrogen and oxygen atoms in total. The Hall–Kier alpha value is -0.280. The van der Waals surface area contributed by atoms with Crippen LogP contribution in [0.5, 0.6) is 0 Å². The van der Waals surface area contributed by atoms with Crippen LogP contribution in [-0.2, 0) is 0 Å². The maximum absolute atomic E-state index is 6.32. The number of nitrogens with zero attached hydrogens (tertiary/aromatic N) is 1. The number of anilines is 1. The smallest absolute Gasteiger partial charge is 0.0590 e. The molecule has 4 heteroatoms. The Balaban J connectivity index is 1.89. The van der Waals surface area contributed by atoms with Crippen LogP contribution in [0.2, 0.25) is 0 Å². The van der Waals surface area contributed by atoms with E-state index in [9.17, 15) is 0 Å². The first kappa shape index (κ1) is 12.2. The molecule has 0 spiro atoms. The van der Waals surface area contributed by atoms with Crippen LogP contribution in [0.3, 0.4) is 0 Å². The zero-order chi connectivity index (χ0) is 11.4. The molecule has 0 bridgehead atoms.